The summed E-state index contributed by atoms with van der Waals surface area (Å²) < 4.78 is 22.7. The highest BCUT2D eigenvalue weighted by molar-refractivity contribution is 6.43. The normalized spacial score (nSPS) is 11.0. The number of nitrogens with zero attached hydrogens (tertiary/aromatic N) is 2. The molecule has 0 bridgehead atoms. The van der Waals surface area contributed by atoms with Crippen LogP contribution in [-0.2, 0) is 0 Å². The lowest BCUT2D eigenvalue weighted by atomic mass is 9.98. The zero-order valence-electron chi connectivity index (χ0n) is 20.4. The summed E-state index contributed by atoms with van der Waals surface area (Å²) in [6.07, 6.45) is 1.50. The maximum atomic E-state index is 10.1. The predicted octanol–water partition coefficient (Wildman–Crippen LogP) is 8.82. The van der Waals surface area contributed by atoms with Crippen LogP contribution in [0.15, 0.2) is 92.7 Å². The molecule has 0 fully saturated rings. The molecule has 3 aromatic carbocycles. The van der Waals surface area contributed by atoms with Gasteiger partial charge in [-0.2, -0.15) is 5.26 Å². The SMILES string of the molecule is COc1ccc(-c2oc(/N=C/c3ccc(-c4cccc(Cl)c4Cl)o3)c(C#N)c2-c2ccc(OC)cc2)cc1. The summed E-state index contributed by atoms with van der Waals surface area (Å²) in [6.45, 7) is 0. The molecule has 38 heavy (non-hydrogen) atoms. The van der Waals surface area contributed by atoms with Crippen molar-refractivity contribution in [3.8, 4) is 51.3 Å². The number of hydrogen-bond acceptors (Lipinski definition) is 6. The van der Waals surface area contributed by atoms with Gasteiger partial charge in [-0.3, -0.25) is 0 Å². The summed E-state index contributed by atoms with van der Waals surface area (Å²) in [5.41, 5.74) is 3.14. The van der Waals surface area contributed by atoms with Gasteiger partial charge in [0.25, 0.3) is 0 Å². The summed E-state index contributed by atoms with van der Waals surface area (Å²) in [6, 6.07) is 25.9. The lowest BCUT2D eigenvalue weighted by Crippen LogP contribution is -1.86. The molecule has 0 atom stereocenters. The van der Waals surface area contributed by atoms with Gasteiger partial charge in [0.1, 0.15) is 40.4 Å². The molecule has 188 valence electrons. The van der Waals surface area contributed by atoms with E-state index in [4.69, 9.17) is 41.5 Å². The molecule has 0 saturated carbocycles. The van der Waals surface area contributed by atoms with E-state index in [2.05, 4.69) is 11.1 Å². The second-order valence-corrected chi connectivity index (χ2v) is 8.90. The maximum absolute atomic E-state index is 10.1. The smallest absolute Gasteiger partial charge is 0.238 e. The first-order chi connectivity index (χ1) is 18.5. The molecule has 0 amide bonds. The van der Waals surface area contributed by atoms with Gasteiger partial charge < -0.3 is 18.3 Å². The Morgan fingerprint density at radius 1 is 0.816 bits per heavy atom. The molecular formula is C30H20Cl2N2O4. The van der Waals surface area contributed by atoms with Crippen molar-refractivity contribution in [3.05, 3.63) is 100 Å². The Kier molecular flexibility index (Phi) is 7.23. The van der Waals surface area contributed by atoms with Crippen molar-refractivity contribution in [1.82, 2.24) is 0 Å². The minimum absolute atomic E-state index is 0.155. The van der Waals surface area contributed by atoms with Crippen molar-refractivity contribution in [3.63, 3.8) is 0 Å². The van der Waals surface area contributed by atoms with Crippen LogP contribution in [0, 0.1) is 11.3 Å². The van der Waals surface area contributed by atoms with E-state index in [1.807, 2.05) is 54.6 Å². The molecule has 0 spiro atoms. The van der Waals surface area contributed by atoms with Gasteiger partial charge in [-0.15, -0.1) is 0 Å². The number of hydrogen-bond donors (Lipinski definition) is 0. The van der Waals surface area contributed by atoms with Crippen molar-refractivity contribution in [1.29, 1.82) is 5.26 Å². The Bertz CT molecular complexity index is 1660. The number of methoxy groups -OCH3 is 2. The van der Waals surface area contributed by atoms with E-state index < -0.39 is 0 Å². The van der Waals surface area contributed by atoms with Gasteiger partial charge in [0.05, 0.1) is 30.5 Å². The van der Waals surface area contributed by atoms with Crippen molar-refractivity contribution >= 4 is 35.3 Å². The fourth-order valence-electron chi connectivity index (χ4n) is 3.98. The summed E-state index contributed by atoms with van der Waals surface area (Å²) in [5.74, 6) is 3.06. The largest absolute Gasteiger partial charge is 0.497 e. The van der Waals surface area contributed by atoms with E-state index in [9.17, 15) is 5.26 Å². The minimum Gasteiger partial charge on any atom is -0.497 e. The molecule has 0 radical (unpaired) electrons. The molecule has 5 aromatic rings. The Morgan fingerprint density at radius 2 is 1.47 bits per heavy atom. The van der Waals surface area contributed by atoms with Gasteiger partial charge in [-0.05, 0) is 66.2 Å². The number of halogens is 2. The highest BCUT2D eigenvalue weighted by Gasteiger charge is 2.23. The van der Waals surface area contributed by atoms with E-state index in [1.54, 1.807) is 38.5 Å². The third kappa shape index (κ3) is 4.90. The van der Waals surface area contributed by atoms with Gasteiger partial charge >= 0.3 is 0 Å². The molecular weight excluding hydrogens is 523 g/mol. The monoisotopic (exact) mass is 542 g/mol. The molecule has 0 unspecified atom stereocenters. The van der Waals surface area contributed by atoms with Gasteiger partial charge in [0, 0.05) is 16.7 Å². The van der Waals surface area contributed by atoms with Crippen molar-refractivity contribution in [2.45, 2.75) is 0 Å². The number of furan rings is 2. The number of aliphatic imine (C=N–C) groups is 1. The molecule has 2 aromatic heterocycles. The Hall–Kier alpha value is -4.44. The molecule has 0 aliphatic rings. The van der Waals surface area contributed by atoms with Crippen molar-refractivity contribution in [2.75, 3.05) is 14.2 Å². The van der Waals surface area contributed by atoms with Crippen LogP contribution in [0.5, 0.6) is 11.5 Å². The van der Waals surface area contributed by atoms with E-state index in [1.165, 1.54) is 6.21 Å². The molecule has 2 heterocycles. The van der Waals surface area contributed by atoms with E-state index in [-0.39, 0.29) is 5.88 Å². The first-order valence-electron chi connectivity index (χ1n) is 11.5. The second-order valence-electron chi connectivity index (χ2n) is 8.12. The lowest BCUT2D eigenvalue weighted by Gasteiger charge is -2.06. The number of rotatable bonds is 7. The highest BCUT2D eigenvalue weighted by atomic mass is 35.5. The average Bonchev–Trinajstić information content (AvgIpc) is 3.58. The lowest BCUT2D eigenvalue weighted by molar-refractivity contribution is 0.414. The van der Waals surface area contributed by atoms with Crippen LogP contribution < -0.4 is 9.47 Å². The molecule has 5 rings (SSSR count). The fourth-order valence-corrected chi connectivity index (χ4v) is 4.37. The first kappa shape index (κ1) is 25.2. The zero-order chi connectivity index (χ0) is 26.6. The quantitative estimate of drug-likeness (QED) is 0.192. The van der Waals surface area contributed by atoms with Gasteiger partial charge in [-0.1, -0.05) is 41.4 Å². The summed E-state index contributed by atoms with van der Waals surface area (Å²) in [7, 11) is 3.20. The molecule has 0 aliphatic heterocycles. The molecule has 8 heteroatoms. The molecule has 0 saturated heterocycles. The molecule has 0 aliphatic carbocycles. The van der Waals surface area contributed by atoms with Crippen LogP contribution in [0.1, 0.15) is 11.3 Å². The van der Waals surface area contributed by atoms with Gasteiger partial charge in [-0.25, -0.2) is 4.99 Å². The number of ether oxygens (including phenoxy) is 2. The molecule has 0 N–H and O–H groups in total. The van der Waals surface area contributed by atoms with Crippen LogP contribution in [0.3, 0.4) is 0 Å². The third-order valence-corrected chi connectivity index (χ3v) is 6.70. The van der Waals surface area contributed by atoms with Crippen molar-refractivity contribution in [2.24, 2.45) is 4.99 Å². The summed E-state index contributed by atoms with van der Waals surface area (Å²) in [5, 5.41) is 11.0. The third-order valence-electron chi connectivity index (χ3n) is 5.89. The number of nitriles is 1. The Morgan fingerprint density at radius 3 is 2.11 bits per heavy atom. The number of benzene rings is 3. The van der Waals surface area contributed by atoms with Crippen LogP contribution in [0.25, 0.3) is 33.8 Å². The first-order valence-corrected chi connectivity index (χ1v) is 12.2. The van der Waals surface area contributed by atoms with Gasteiger partial charge in [0.2, 0.25) is 5.88 Å². The van der Waals surface area contributed by atoms with Crippen molar-refractivity contribution < 1.29 is 18.3 Å². The van der Waals surface area contributed by atoms with Gasteiger partial charge in [0.15, 0.2) is 0 Å². The standard InChI is InChI=1S/C30H20Cl2N2O4/c1-35-20-10-6-18(7-11-20)27-24(16-33)30(38-29(27)19-8-12-21(36-2)13-9-19)34-17-22-14-15-26(37-22)23-4-3-5-25(31)28(23)32/h3-15,17H,1-2H3/b34-17+. The minimum atomic E-state index is 0.155. The summed E-state index contributed by atoms with van der Waals surface area (Å²) in [4.78, 5) is 4.48. The van der Waals surface area contributed by atoms with Crippen LogP contribution in [0.4, 0.5) is 5.88 Å². The predicted molar refractivity (Wildman–Crippen MR) is 149 cm³/mol. The zero-order valence-corrected chi connectivity index (χ0v) is 21.9. The molecule has 6 nitrogen and oxygen atoms in total. The van der Waals surface area contributed by atoms with Crippen LogP contribution >= 0.6 is 23.2 Å². The van der Waals surface area contributed by atoms with Crippen LogP contribution in [0.2, 0.25) is 10.0 Å². The highest BCUT2D eigenvalue weighted by Crippen LogP contribution is 2.43. The van der Waals surface area contributed by atoms with E-state index in [0.29, 0.717) is 55.5 Å². The Labute approximate surface area is 229 Å². The second kappa shape index (κ2) is 10.9. The topological polar surface area (TPSA) is 80.9 Å². The maximum Gasteiger partial charge on any atom is 0.238 e. The fraction of sp³-hybridized carbons (Fsp3) is 0.0667. The van der Waals surface area contributed by atoms with Crippen LogP contribution in [-0.4, -0.2) is 20.4 Å². The average molecular weight is 543 g/mol. The Balaban J connectivity index is 1.57. The van der Waals surface area contributed by atoms with E-state index >= 15 is 0 Å². The summed E-state index contributed by atoms with van der Waals surface area (Å²) >= 11 is 12.5. The van der Waals surface area contributed by atoms with E-state index in [0.717, 1.165) is 11.1 Å².